The maximum atomic E-state index is 11.8. The van der Waals surface area contributed by atoms with E-state index in [1.165, 1.54) is 13.0 Å². The first-order valence-electron chi connectivity index (χ1n) is 5.57. The summed E-state index contributed by atoms with van der Waals surface area (Å²) < 4.78 is 25.3. The van der Waals surface area contributed by atoms with E-state index in [9.17, 15) is 18.0 Å². The number of carbonyl (C=O) groups is 2. The molecule has 0 unspecified atom stereocenters. The van der Waals surface area contributed by atoms with Crippen LogP contribution in [0.25, 0.3) is 6.08 Å². The van der Waals surface area contributed by atoms with Crippen LogP contribution in [0, 0.1) is 0 Å². The molecule has 0 aliphatic rings. The molecule has 0 heterocycles. The van der Waals surface area contributed by atoms with Crippen molar-refractivity contribution in [1.29, 1.82) is 0 Å². The summed E-state index contributed by atoms with van der Waals surface area (Å²) in [7, 11) is -4.00. The van der Waals surface area contributed by atoms with Crippen molar-refractivity contribution in [2.24, 2.45) is 0 Å². The highest BCUT2D eigenvalue weighted by Crippen LogP contribution is 2.10. The summed E-state index contributed by atoms with van der Waals surface area (Å²) in [6.45, 7) is 0.669. The first-order chi connectivity index (χ1) is 9.31. The zero-order valence-corrected chi connectivity index (χ0v) is 11.5. The minimum atomic E-state index is -4.00. The van der Waals surface area contributed by atoms with E-state index < -0.39 is 28.6 Å². The van der Waals surface area contributed by atoms with Gasteiger partial charge >= 0.3 is 12.0 Å². The number of rotatable bonds is 5. The van der Waals surface area contributed by atoms with E-state index in [1.54, 1.807) is 35.1 Å². The Hall–Kier alpha value is -2.35. The summed E-state index contributed by atoms with van der Waals surface area (Å²) in [6, 6.07) is 7.62. The Morgan fingerprint density at radius 1 is 1.25 bits per heavy atom. The maximum Gasteiger partial charge on any atom is 0.329 e. The number of hydrogen-bond acceptors (Lipinski definition) is 4. The van der Waals surface area contributed by atoms with Gasteiger partial charge in [0, 0.05) is 0 Å². The van der Waals surface area contributed by atoms with Crippen LogP contribution in [0.1, 0.15) is 12.5 Å². The SMILES string of the molecule is C/C(=C\c1ccccc1)S(=O)(=O)NC(=O)NCC(=O)O. The topological polar surface area (TPSA) is 113 Å². The average molecular weight is 298 g/mol. The number of carbonyl (C=O) groups excluding carboxylic acids is 1. The number of allylic oxidation sites excluding steroid dienone is 1. The van der Waals surface area contributed by atoms with Gasteiger partial charge in [0.05, 0.1) is 4.91 Å². The van der Waals surface area contributed by atoms with Crippen LogP contribution >= 0.6 is 0 Å². The number of hydrogen-bond donors (Lipinski definition) is 3. The molecular weight excluding hydrogens is 284 g/mol. The van der Waals surface area contributed by atoms with Gasteiger partial charge in [-0.1, -0.05) is 30.3 Å². The van der Waals surface area contributed by atoms with Gasteiger partial charge in [-0.15, -0.1) is 0 Å². The van der Waals surface area contributed by atoms with Crippen molar-refractivity contribution >= 4 is 28.1 Å². The second-order valence-electron chi connectivity index (χ2n) is 3.85. The summed E-state index contributed by atoms with van der Waals surface area (Å²) in [6.07, 6.45) is 1.40. The van der Waals surface area contributed by atoms with Crippen molar-refractivity contribution in [1.82, 2.24) is 10.0 Å². The van der Waals surface area contributed by atoms with E-state index in [0.29, 0.717) is 5.56 Å². The smallest absolute Gasteiger partial charge is 0.329 e. The molecule has 0 atom stereocenters. The molecule has 2 amide bonds. The number of carboxylic acids is 1. The molecular formula is C12H14N2O5S. The van der Waals surface area contributed by atoms with E-state index in [2.05, 4.69) is 0 Å². The van der Waals surface area contributed by atoms with Crippen molar-refractivity contribution < 1.29 is 23.1 Å². The highest BCUT2D eigenvalue weighted by Gasteiger charge is 2.17. The molecule has 0 saturated heterocycles. The summed E-state index contributed by atoms with van der Waals surface area (Å²) in [5.74, 6) is -1.27. The first kappa shape index (κ1) is 15.7. The number of carboxylic acid groups (broad SMARTS) is 1. The van der Waals surface area contributed by atoms with Crippen LogP contribution in [0.15, 0.2) is 35.2 Å². The molecule has 3 N–H and O–H groups in total. The Bertz CT molecular complexity index is 623. The molecule has 108 valence electrons. The van der Waals surface area contributed by atoms with Gasteiger partial charge in [0.25, 0.3) is 10.0 Å². The molecule has 0 radical (unpaired) electrons. The quantitative estimate of drug-likeness (QED) is 0.743. The lowest BCUT2D eigenvalue weighted by Gasteiger charge is -2.07. The lowest BCUT2D eigenvalue weighted by molar-refractivity contribution is -0.135. The van der Waals surface area contributed by atoms with Crippen LogP contribution in [0.5, 0.6) is 0 Å². The van der Waals surface area contributed by atoms with Crippen LogP contribution in [0.4, 0.5) is 4.79 Å². The summed E-state index contributed by atoms with van der Waals surface area (Å²) in [5.41, 5.74) is 0.668. The molecule has 1 rings (SSSR count). The molecule has 1 aromatic rings. The van der Waals surface area contributed by atoms with Crippen LogP contribution in [0.2, 0.25) is 0 Å². The predicted octanol–water partition coefficient (Wildman–Crippen LogP) is 0.761. The first-order valence-corrected chi connectivity index (χ1v) is 7.05. The van der Waals surface area contributed by atoms with Gasteiger partial charge in [-0.05, 0) is 18.6 Å². The fraction of sp³-hybridized carbons (Fsp3) is 0.167. The van der Waals surface area contributed by atoms with Gasteiger partial charge in [0.15, 0.2) is 0 Å². The highest BCUT2D eigenvalue weighted by atomic mass is 32.2. The van der Waals surface area contributed by atoms with Crippen molar-refractivity contribution in [3.05, 3.63) is 40.8 Å². The number of amides is 2. The number of sulfonamides is 1. The lowest BCUT2D eigenvalue weighted by atomic mass is 10.2. The third-order valence-corrected chi connectivity index (χ3v) is 3.64. The Kier molecular flexibility index (Phi) is 5.27. The molecule has 0 aliphatic heterocycles. The Labute approximate surface area is 116 Å². The third-order valence-electron chi connectivity index (χ3n) is 2.22. The Balaban J connectivity index is 2.76. The number of nitrogens with one attached hydrogen (secondary N) is 2. The Morgan fingerprint density at radius 3 is 2.40 bits per heavy atom. The monoisotopic (exact) mass is 298 g/mol. The zero-order valence-electron chi connectivity index (χ0n) is 10.7. The van der Waals surface area contributed by atoms with Crippen LogP contribution in [-0.4, -0.2) is 32.1 Å². The second-order valence-corrected chi connectivity index (χ2v) is 5.70. The van der Waals surface area contributed by atoms with E-state index >= 15 is 0 Å². The molecule has 0 bridgehead atoms. The largest absolute Gasteiger partial charge is 0.480 e. The standard InChI is InChI=1S/C12H14N2O5S/c1-9(7-10-5-3-2-4-6-10)20(18,19)14-12(17)13-8-11(15)16/h2-7H,8H2,1H3,(H,15,16)(H2,13,14,17)/b9-7+. The van der Waals surface area contributed by atoms with Gasteiger partial charge < -0.3 is 10.4 Å². The highest BCUT2D eigenvalue weighted by molar-refractivity contribution is 7.94. The summed E-state index contributed by atoms with van der Waals surface area (Å²) in [4.78, 5) is 21.4. The molecule has 7 nitrogen and oxygen atoms in total. The minimum Gasteiger partial charge on any atom is -0.480 e. The number of benzene rings is 1. The van der Waals surface area contributed by atoms with E-state index in [4.69, 9.17) is 5.11 Å². The molecule has 8 heteroatoms. The molecule has 0 aliphatic carbocycles. The zero-order chi connectivity index (χ0) is 15.2. The Morgan fingerprint density at radius 2 is 1.85 bits per heavy atom. The van der Waals surface area contributed by atoms with Gasteiger partial charge in [0.1, 0.15) is 6.54 Å². The predicted molar refractivity (Wildman–Crippen MR) is 73.2 cm³/mol. The van der Waals surface area contributed by atoms with Crippen molar-refractivity contribution in [2.75, 3.05) is 6.54 Å². The van der Waals surface area contributed by atoms with E-state index in [-0.39, 0.29) is 4.91 Å². The van der Waals surface area contributed by atoms with Crippen LogP contribution in [0.3, 0.4) is 0 Å². The van der Waals surface area contributed by atoms with Crippen LogP contribution in [-0.2, 0) is 14.8 Å². The fourth-order valence-corrected chi connectivity index (χ4v) is 2.02. The third kappa shape index (κ3) is 5.11. The maximum absolute atomic E-state index is 11.8. The molecule has 0 fully saturated rings. The minimum absolute atomic E-state index is 0.0609. The molecule has 0 saturated carbocycles. The van der Waals surface area contributed by atoms with Gasteiger partial charge in [-0.3, -0.25) is 4.79 Å². The van der Waals surface area contributed by atoms with Gasteiger partial charge in [-0.25, -0.2) is 17.9 Å². The average Bonchev–Trinajstić information content (AvgIpc) is 2.37. The molecule has 0 aromatic heterocycles. The van der Waals surface area contributed by atoms with Crippen molar-refractivity contribution in [3.8, 4) is 0 Å². The summed E-state index contributed by atoms with van der Waals surface area (Å²) >= 11 is 0. The van der Waals surface area contributed by atoms with Gasteiger partial charge in [0.2, 0.25) is 0 Å². The van der Waals surface area contributed by atoms with E-state index in [0.717, 1.165) is 0 Å². The van der Waals surface area contributed by atoms with Crippen molar-refractivity contribution in [2.45, 2.75) is 6.92 Å². The lowest BCUT2D eigenvalue weighted by Crippen LogP contribution is -2.41. The van der Waals surface area contributed by atoms with Crippen molar-refractivity contribution in [3.63, 3.8) is 0 Å². The number of urea groups is 1. The summed E-state index contributed by atoms with van der Waals surface area (Å²) in [5, 5.41) is 10.3. The fourth-order valence-electron chi connectivity index (χ4n) is 1.26. The van der Waals surface area contributed by atoms with E-state index in [1.807, 2.05) is 5.32 Å². The molecule has 1 aromatic carbocycles. The normalized spacial score (nSPS) is 11.8. The van der Waals surface area contributed by atoms with Crippen LogP contribution < -0.4 is 10.0 Å². The molecule has 20 heavy (non-hydrogen) atoms. The second kappa shape index (κ2) is 6.71. The molecule has 0 spiro atoms. The van der Waals surface area contributed by atoms with Gasteiger partial charge in [-0.2, -0.15) is 0 Å². The number of aliphatic carboxylic acids is 1.